The zero-order chi connectivity index (χ0) is 11.5. The van der Waals surface area contributed by atoms with E-state index in [0.717, 1.165) is 21.3 Å². The smallest absolute Gasteiger partial charge is 0.115 e. The van der Waals surface area contributed by atoms with Crippen molar-refractivity contribution in [3.63, 3.8) is 0 Å². The van der Waals surface area contributed by atoms with Crippen LogP contribution in [0.15, 0.2) is 41.0 Å². The molecule has 0 amide bonds. The fourth-order valence-corrected chi connectivity index (χ4v) is 2.05. The molecule has 0 saturated carbocycles. The van der Waals surface area contributed by atoms with Gasteiger partial charge in [0.25, 0.3) is 0 Å². The van der Waals surface area contributed by atoms with Gasteiger partial charge in [-0.05, 0) is 51.8 Å². The summed E-state index contributed by atoms with van der Waals surface area (Å²) >= 11 is 3.46. The van der Waals surface area contributed by atoms with Crippen molar-refractivity contribution >= 4 is 15.9 Å². The Balaban J connectivity index is 2.44. The van der Waals surface area contributed by atoms with Crippen LogP contribution < -0.4 is 5.73 Å². The van der Waals surface area contributed by atoms with E-state index in [4.69, 9.17) is 5.73 Å². The van der Waals surface area contributed by atoms with Gasteiger partial charge in [0.15, 0.2) is 0 Å². The van der Waals surface area contributed by atoms with E-state index in [1.807, 2.05) is 18.2 Å². The molecule has 0 spiro atoms. The topological polar surface area (TPSA) is 59.1 Å². The molecule has 3 N–H and O–H groups in total. The summed E-state index contributed by atoms with van der Waals surface area (Å²) in [5.41, 5.74) is 8.31. The molecule has 16 heavy (non-hydrogen) atoms. The number of phenolic OH excluding ortho intramolecular Hbond substituents is 1. The van der Waals surface area contributed by atoms with Gasteiger partial charge in [-0.2, -0.15) is 0 Å². The monoisotopic (exact) mass is 278 g/mol. The number of benzene rings is 1. The van der Waals surface area contributed by atoms with E-state index < -0.39 is 0 Å². The minimum absolute atomic E-state index is 0.249. The molecule has 4 heteroatoms. The molecule has 0 aliphatic heterocycles. The van der Waals surface area contributed by atoms with Crippen LogP contribution >= 0.6 is 15.9 Å². The number of halogens is 1. The molecule has 0 aliphatic carbocycles. The number of nitrogens with zero attached hydrogens (tertiary/aromatic N) is 1. The number of rotatable bonds is 2. The molecule has 3 nitrogen and oxygen atoms in total. The van der Waals surface area contributed by atoms with E-state index in [9.17, 15) is 5.11 Å². The molecule has 0 atom stereocenters. The summed E-state index contributed by atoms with van der Waals surface area (Å²) in [7, 11) is 0. The van der Waals surface area contributed by atoms with E-state index in [1.165, 1.54) is 0 Å². The zero-order valence-electron chi connectivity index (χ0n) is 8.52. The van der Waals surface area contributed by atoms with Gasteiger partial charge in [0.05, 0.1) is 5.69 Å². The first-order valence-corrected chi connectivity index (χ1v) is 5.64. The van der Waals surface area contributed by atoms with Gasteiger partial charge >= 0.3 is 0 Å². The lowest BCUT2D eigenvalue weighted by Gasteiger charge is -2.05. The fourth-order valence-electron chi connectivity index (χ4n) is 1.42. The summed E-state index contributed by atoms with van der Waals surface area (Å²) in [4.78, 5) is 4.34. The Kier molecular flexibility index (Phi) is 3.22. The number of hydrogen-bond acceptors (Lipinski definition) is 3. The molecule has 1 heterocycles. The minimum Gasteiger partial charge on any atom is -0.508 e. The van der Waals surface area contributed by atoms with Crippen molar-refractivity contribution in [2.24, 2.45) is 5.73 Å². The molecule has 0 unspecified atom stereocenters. The molecule has 0 saturated heterocycles. The molecule has 0 fully saturated rings. The summed E-state index contributed by atoms with van der Waals surface area (Å²) in [5.74, 6) is 0.249. The third-order valence-corrected chi connectivity index (χ3v) is 2.88. The van der Waals surface area contributed by atoms with Crippen LogP contribution in [0.3, 0.4) is 0 Å². The van der Waals surface area contributed by atoms with Gasteiger partial charge in [0, 0.05) is 22.8 Å². The Hall–Kier alpha value is -1.39. The Morgan fingerprint density at radius 2 is 1.94 bits per heavy atom. The first-order valence-electron chi connectivity index (χ1n) is 4.84. The summed E-state index contributed by atoms with van der Waals surface area (Å²) in [6, 6.07) is 8.88. The second-order valence-electron chi connectivity index (χ2n) is 3.42. The highest BCUT2D eigenvalue weighted by Gasteiger charge is 2.05. The van der Waals surface area contributed by atoms with Gasteiger partial charge in [-0.15, -0.1) is 0 Å². The van der Waals surface area contributed by atoms with Crippen molar-refractivity contribution in [2.45, 2.75) is 6.54 Å². The van der Waals surface area contributed by atoms with Gasteiger partial charge < -0.3 is 10.8 Å². The molecule has 0 bridgehead atoms. The first kappa shape index (κ1) is 11.1. The van der Waals surface area contributed by atoms with Gasteiger partial charge in [-0.3, -0.25) is 4.98 Å². The lowest BCUT2D eigenvalue weighted by molar-refractivity contribution is 0.475. The first-order chi connectivity index (χ1) is 7.70. The third-order valence-electron chi connectivity index (χ3n) is 2.27. The highest BCUT2D eigenvalue weighted by atomic mass is 79.9. The summed E-state index contributed by atoms with van der Waals surface area (Å²) in [6.45, 7) is 0.474. The molecular weight excluding hydrogens is 268 g/mol. The molecule has 1 aromatic carbocycles. The van der Waals surface area contributed by atoms with Gasteiger partial charge in [0.1, 0.15) is 5.75 Å². The minimum atomic E-state index is 0.249. The molecule has 0 aliphatic rings. The predicted molar refractivity (Wildman–Crippen MR) is 66.9 cm³/mol. The fraction of sp³-hybridized carbons (Fsp3) is 0.0833. The number of aromatic hydroxyl groups is 1. The van der Waals surface area contributed by atoms with E-state index in [0.29, 0.717) is 6.54 Å². The van der Waals surface area contributed by atoms with Crippen LogP contribution in [0.2, 0.25) is 0 Å². The van der Waals surface area contributed by atoms with Crippen LogP contribution in [-0.4, -0.2) is 10.1 Å². The molecule has 2 rings (SSSR count). The van der Waals surface area contributed by atoms with Crippen molar-refractivity contribution in [2.75, 3.05) is 0 Å². The van der Waals surface area contributed by atoms with Crippen LogP contribution in [0.25, 0.3) is 11.3 Å². The predicted octanol–water partition coefficient (Wildman–Crippen LogP) is 2.68. The Labute approximate surface area is 102 Å². The Bertz CT molecular complexity index is 497. The number of phenols is 1. The lowest BCUT2D eigenvalue weighted by Crippen LogP contribution is -1.97. The standard InChI is InChI=1S/C12H11BrN2O/c13-11-5-8(6-14)7-15-12(11)9-1-3-10(16)4-2-9/h1-5,7,16H,6,14H2. The van der Waals surface area contributed by atoms with Crippen LogP contribution in [0.5, 0.6) is 5.75 Å². The molecule has 82 valence electrons. The third kappa shape index (κ3) is 2.23. The van der Waals surface area contributed by atoms with E-state index >= 15 is 0 Å². The van der Waals surface area contributed by atoms with Crippen LogP contribution in [0, 0.1) is 0 Å². The quantitative estimate of drug-likeness (QED) is 0.888. The summed E-state index contributed by atoms with van der Waals surface area (Å²) in [5, 5.41) is 9.21. The highest BCUT2D eigenvalue weighted by Crippen LogP contribution is 2.27. The zero-order valence-corrected chi connectivity index (χ0v) is 10.1. The molecule has 1 aromatic heterocycles. The SMILES string of the molecule is NCc1cnc(-c2ccc(O)cc2)c(Br)c1. The molecular formula is C12H11BrN2O. The maximum Gasteiger partial charge on any atom is 0.115 e. The second-order valence-corrected chi connectivity index (χ2v) is 4.28. The average molecular weight is 279 g/mol. The number of nitrogens with two attached hydrogens (primary N) is 1. The van der Waals surface area contributed by atoms with Crippen LogP contribution in [0.4, 0.5) is 0 Å². The molecule has 2 aromatic rings. The van der Waals surface area contributed by atoms with Crippen molar-refractivity contribution in [1.29, 1.82) is 0 Å². The summed E-state index contributed by atoms with van der Waals surface area (Å²) < 4.78 is 0.904. The largest absolute Gasteiger partial charge is 0.508 e. The van der Waals surface area contributed by atoms with Gasteiger partial charge in [-0.1, -0.05) is 0 Å². The maximum atomic E-state index is 9.21. The van der Waals surface area contributed by atoms with Crippen LogP contribution in [0.1, 0.15) is 5.56 Å². The van der Waals surface area contributed by atoms with E-state index in [1.54, 1.807) is 18.3 Å². The number of aromatic nitrogens is 1. The highest BCUT2D eigenvalue weighted by molar-refractivity contribution is 9.10. The summed E-state index contributed by atoms with van der Waals surface area (Å²) in [6.07, 6.45) is 1.76. The Morgan fingerprint density at radius 1 is 1.25 bits per heavy atom. The van der Waals surface area contributed by atoms with Gasteiger partial charge in [0.2, 0.25) is 0 Å². The second kappa shape index (κ2) is 4.63. The van der Waals surface area contributed by atoms with Gasteiger partial charge in [-0.25, -0.2) is 0 Å². The lowest BCUT2D eigenvalue weighted by atomic mass is 10.1. The normalized spacial score (nSPS) is 10.4. The maximum absolute atomic E-state index is 9.21. The molecule has 0 radical (unpaired) electrons. The van der Waals surface area contributed by atoms with E-state index in [-0.39, 0.29) is 5.75 Å². The number of hydrogen-bond donors (Lipinski definition) is 2. The average Bonchev–Trinajstić information content (AvgIpc) is 2.30. The van der Waals surface area contributed by atoms with Crippen molar-refractivity contribution in [3.05, 3.63) is 46.6 Å². The van der Waals surface area contributed by atoms with E-state index in [2.05, 4.69) is 20.9 Å². The Morgan fingerprint density at radius 3 is 2.50 bits per heavy atom. The van der Waals surface area contributed by atoms with Crippen molar-refractivity contribution in [3.8, 4) is 17.0 Å². The van der Waals surface area contributed by atoms with Crippen LogP contribution in [-0.2, 0) is 6.54 Å². The van der Waals surface area contributed by atoms with Crippen molar-refractivity contribution < 1.29 is 5.11 Å². The number of pyridine rings is 1. The van der Waals surface area contributed by atoms with Crippen molar-refractivity contribution in [1.82, 2.24) is 4.98 Å².